The second-order valence-electron chi connectivity index (χ2n) is 8.86. The summed E-state index contributed by atoms with van der Waals surface area (Å²) in [5.74, 6) is 1.08. The second kappa shape index (κ2) is 12.4. The molecule has 1 N–H and O–H groups in total. The molecule has 0 saturated carbocycles. The van der Waals surface area contributed by atoms with Gasteiger partial charge in [-0.15, -0.1) is 0 Å². The van der Waals surface area contributed by atoms with Crippen molar-refractivity contribution in [3.8, 4) is 28.4 Å². The molecule has 7 nitrogen and oxygen atoms in total. The molecule has 1 aromatic heterocycles. The lowest BCUT2D eigenvalue weighted by Crippen LogP contribution is -2.24. The normalized spacial score (nSPS) is 10.9. The van der Waals surface area contributed by atoms with Gasteiger partial charge in [0, 0.05) is 17.3 Å². The average molecular weight is 517 g/mol. The van der Waals surface area contributed by atoms with E-state index in [9.17, 15) is 4.79 Å². The Hall–Kier alpha value is -5.17. The zero-order valence-corrected chi connectivity index (χ0v) is 21.5. The number of nitrogens with zero attached hydrogens (tertiary/aromatic N) is 3. The molecule has 5 rings (SSSR count). The quantitative estimate of drug-likeness (QED) is 0.184. The highest BCUT2D eigenvalue weighted by atomic mass is 16.5. The maximum Gasteiger partial charge on any atom is 0.277 e. The molecule has 0 atom stereocenters. The second-order valence-corrected chi connectivity index (χ2v) is 8.86. The number of hydrogen-bond donors (Lipinski definition) is 1. The first-order valence-electron chi connectivity index (χ1n) is 12.6. The fourth-order valence-electron chi connectivity index (χ4n) is 3.94. The van der Waals surface area contributed by atoms with E-state index in [1.54, 1.807) is 10.9 Å². The molecule has 1 heterocycles. The van der Waals surface area contributed by atoms with Crippen LogP contribution in [0.4, 0.5) is 0 Å². The summed E-state index contributed by atoms with van der Waals surface area (Å²) in [6.45, 7) is 2.29. The van der Waals surface area contributed by atoms with Crippen molar-refractivity contribution in [1.29, 1.82) is 0 Å². The van der Waals surface area contributed by atoms with Crippen molar-refractivity contribution in [2.24, 2.45) is 5.10 Å². The van der Waals surface area contributed by atoms with Crippen molar-refractivity contribution in [1.82, 2.24) is 15.2 Å². The van der Waals surface area contributed by atoms with Crippen LogP contribution in [-0.2, 0) is 11.4 Å². The monoisotopic (exact) mass is 516 g/mol. The third kappa shape index (κ3) is 6.78. The van der Waals surface area contributed by atoms with Crippen LogP contribution in [-0.4, -0.2) is 28.5 Å². The van der Waals surface area contributed by atoms with E-state index in [0.717, 1.165) is 39.4 Å². The van der Waals surface area contributed by atoms with Crippen molar-refractivity contribution < 1.29 is 14.3 Å². The molecule has 1 amide bonds. The van der Waals surface area contributed by atoms with Gasteiger partial charge >= 0.3 is 0 Å². The molecule has 0 aliphatic heterocycles. The van der Waals surface area contributed by atoms with Crippen molar-refractivity contribution in [2.75, 3.05) is 6.61 Å². The maximum absolute atomic E-state index is 12.3. The van der Waals surface area contributed by atoms with Crippen molar-refractivity contribution in [2.45, 2.75) is 13.5 Å². The Balaban J connectivity index is 1.30. The average Bonchev–Trinajstić information content (AvgIpc) is 3.41. The van der Waals surface area contributed by atoms with Crippen LogP contribution in [0, 0.1) is 6.92 Å². The first kappa shape index (κ1) is 25.5. The van der Waals surface area contributed by atoms with E-state index in [1.807, 2.05) is 122 Å². The van der Waals surface area contributed by atoms with Gasteiger partial charge in [-0.3, -0.25) is 4.79 Å². The summed E-state index contributed by atoms with van der Waals surface area (Å²) in [6, 6.07) is 35.2. The van der Waals surface area contributed by atoms with E-state index in [1.165, 1.54) is 0 Å². The number of aryl methyl sites for hydroxylation is 1. The molecule has 0 bridgehead atoms. The van der Waals surface area contributed by atoms with Gasteiger partial charge in [-0.2, -0.15) is 10.2 Å². The summed E-state index contributed by atoms with van der Waals surface area (Å²) in [5.41, 5.74) is 7.89. The smallest absolute Gasteiger partial charge is 0.277 e. The third-order valence-corrected chi connectivity index (χ3v) is 5.98. The highest BCUT2D eigenvalue weighted by Gasteiger charge is 2.12. The summed E-state index contributed by atoms with van der Waals surface area (Å²) in [5, 5.41) is 8.97. The lowest BCUT2D eigenvalue weighted by molar-refractivity contribution is -0.123. The standard InChI is InChI=1S/C32H28N4O3/c1-24-10-8-9-15-30(24)39-23-31(37)34-33-20-27-21-36(28-13-6-3-7-14-28)35-32(27)26-16-18-29(19-17-26)38-22-25-11-4-2-5-12-25/h2-21H,22-23H2,1H3,(H,34,37). The number of para-hydroxylation sites is 2. The molecule has 194 valence electrons. The van der Waals surface area contributed by atoms with Crippen LogP contribution in [0.1, 0.15) is 16.7 Å². The molecule has 0 saturated heterocycles. The summed E-state index contributed by atoms with van der Waals surface area (Å²) >= 11 is 0. The molecular weight excluding hydrogens is 488 g/mol. The molecule has 0 aliphatic rings. The molecule has 7 heteroatoms. The number of hydrazone groups is 1. The maximum atomic E-state index is 12.3. The SMILES string of the molecule is Cc1ccccc1OCC(=O)NN=Cc1cn(-c2ccccc2)nc1-c1ccc(OCc2ccccc2)cc1. The number of aromatic nitrogens is 2. The van der Waals surface area contributed by atoms with E-state index in [4.69, 9.17) is 14.6 Å². The number of carbonyl (C=O) groups is 1. The third-order valence-electron chi connectivity index (χ3n) is 5.98. The molecule has 0 fully saturated rings. The fraction of sp³-hybridized carbons (Fsp3) is 0.0938. The summed E-state index contributed by atoms with van der Waals surface area (Å²) in [4.78, 5) is 12.3. The van der Waals surface area contributed by atoms with Crippen LogP contribution in [0.2, 0.25) is 0 Å². The van der Waals surface area contributed by atoms with Gasteiger partial charge in [0.05, 0.1) is 11.9 Å². The fourth-order valence-corrected chi connectivity index (χ4v) is 3.94. The van der Waals surface area contributed by atoms with E-state index in [0.29, 0.717) is 12.4 Å². The first-order valence-corrected chi connectivity index (χ1v) is 12.6. The Morgan fingerprint density at radius 1 is 0.872 bits per heavy atom. The summed E-state index contributed by atoms with van der Waals surface area (Å²) in [6.07, 6.45) is 3.47. The molecule has 0 unspecified atom stereocenters. The minimum atomic E-state index is -0.355. The van der Waals surface area contributed by atoms with Gasteiger partial charge in [-0.05, 0) is 60.5 Å². The highest BCUT2D eigenvalue weighted by Crippen LogP contribution is 2.25. The molecule has 4 aromatic carbocycles. The Bertz CT molecular complexity index is 1550. The number of nitrogens with one attached hydrogen (secondary N) is 1. The van der Waals surface area contributed by atoms with Gasteiger partial charge in [-0.25, -0.2) is 10.1 Å². The minimum Gasteiger partial charge on any atom is -0.489 e. The minimum absolute atomic E-state index is 0.136. The molecule has 0 spiro atoms. The zero-order chi connectivity index (χ0) is 26.9. The Morgan fingerprint density at radius 3 is 2.31 bits per heavy atom. The Kier molecular flexibility index (Phi) is 8.09. The molecule has 0 aliphatic carbocycles. The topological polar surface area (TPSA) is 77.7 Å². The number of amides is 1. The van der Waals surface area contributed by atoms with Gasteiger partial charge in [0.25, 0.3) is 5.91 Å². The predicted octanol–water partition coefficient (Wildman–Crippen LogP) is 5.96. The molecular formula is C32H28N4O3. The zero-order valence-electron chi connectivity index (χ0n) is 21.5. The van der Waals surface area contributed by atoms with Crippen molar-refractivity contribution in [3.05, 3.63) is 132 Å². The Labute approximate surface area is 227 Å². The summed E-state index contributed by atoms with van der Waals surface area (Å²) < 4.78 is 13.3. The van der Waals surface area contributed by atoms with Crippen LogP contribution in [0.25, 0.3) is 16.9 Å². The number of benzene rings is 4. The van der Waals surface area contributed by atoms with E-state index >= 15 is 0 Å². The van der Waals surface area contributed by atoms with Gasteiger partial charge in [0.2, 0.25) is 0 Å². The lowest BCUT2D eigenvalue weighted by atomic mass is 10.1. The number of hydrogen-bond acceptors (Lipinski definition) is 5. The van der Waals surface area contributed by atoms with Gasteiger partial charge in [0.15, 0.2) is 6.61 Å². The first-order chi connectivity index (χ1) is 19.2. The van der Waals surface area contributed by atoms with Crippen LogP contribution >= 0.6 is 0 Å². The van der Waals surface area contributed by atoms with Gasteiger partial charge in [0.1, 0.15) is 23.8 Å². The van der Waals surface area contributed by atoms with Crippen LogP contribution in [0.15, 0.2) is 120 Å². The van der Waals surface area contributed by atoms with Crippen LogP contribution < -0.4 is 14.9 Å². The summed E-state index contributed by atoms with van der Waals surface area (Å²) in [7, 11) is 0. The highest BCUT2D eigenvalue weighted by molar-refractivity contribution is 5.89. The predicted molar refractivity (Wildman–Crippen MR) is 152 cm³/mol. The largest absolute Gasteiger partial charge is 0.489 e. The van der Waals surface area contributed by atoms with Crippen LogP contribution in [0.5, 0.6) is 11.5 Å². The van der Waals surface area contributed by atoms with E-state index in [2.05, 4.69) is 10.5 Å². The van der Waals surface area contributed by atoms with Gasteiger partial charge in [-0.1, -0.05) is 66.7 Å². The molecule has 5 aromatic rings. The molecule has 0 radical (unpaired) electrons. The number of ether oxygens (including phenoxy) is 2. The van der Waals surface area contributed by atoms with E-state index < -0.39 is 0 Å². The number of carbonyl (C=O) groups excluding carboxylic acids is 1. The van der Waals surface area contributed by atoms with Crippen molar-refractivity contribution in [3.63, 3.8) is 0 Å². The van der Waals surface area contributed by atoms with Crippen molar-refractivity contribution >= 4 is 12.1 Å². The lowest BCUT2D eigenvalue weighted by Gasteiger charge is -2.07. The Morgan fingerprint density at radius 2 is 1.56 bits per heavy atom. The number of rotatable bonds is 10. The van der Waals surface area contributed by atoms with E-state index in [-0.39, 0.29) is 12.5 Å². The van der Waals surface area contributed by atoms with Gasteiger partial charge < -0.3 is 9.47 Å². The molecule has 39 heavy (non-hydrogen) atoms. The van der Waals surface area contributed by atoms with Crippen LogP contribution in [0.3, 0.4) is 0 Å².